The summed E-state index contributed by atoms with van der Waals surface area (Å²) in [5.41, 5.74) is 0.823. The molecule has 0 saturated carbocycles. The maximum absolute atomic E-state index is 11.9. The van der Waals surface area contributed by atoms with E-state index in [1.165, 1.54) is 0 Å². The first-order valence-corrected chi connectivity index (χ1v) is 6.75. The third kappa shape index (κ3) is 2.10. The van der Waals surface area contributed by atoms with E-state index in [-0.39, 0.29) is 11.9 Å². The number of anilines is 1. The van der Waals surface area contributed by atoms with Gasteiger partial charge in [0.25, 0.3) is 0 Å². The van der Waals surface area contributed by atoms with Gasteiger partial charge in [-0.3, -0.25) is 15.0 Å². The maximum atomic E-state index is 11.9. The van der Waals surface area contributed by atoms with Crippen LogP contribution in [0.3, 0.4) is 0 Å². The normalized spacial score (nSPS) is 15.7. The molecule has 3 amide bonds. The van der Waals surface area contributed by atoms with Crippen molar-refractivity contribution in [3.8, 4) is 0 Å². The Morgan fingerprint density at radius 3 is 2.58 bits per heavy atom. The maximum Gasteiger partial charge on any atom is 0.328 e. The molecule has 1 N–H and O–H groups in total. The van der Waals surface area contributed by atoms with Crippen LogP contribution in [0.4, 0.5) is 10.5 Å². The summed E-state index contributed by atoms with van der Waals surface area (Å²) < 4.78 is 0.986. The fraction of sp³-hybridized carbons (Fsp3) is 0.143. The SMILES string of the molecule is O=C1CCN(c2cccc3c(Br)cccc23)C(=O)N1. The fourth-order valence-corrected chi connectivity index (χ4v) is 2.78. The number of carbonyl (C=O) groups is 2. The molecule has 2 aromatic rings. The molecule has 0 atom stereocenters. The van der Waals surface area contributed by atoms with Crippen molar-refractivity contribution in [2.24, 2.45) is 0 Å². The van der Waals surface area contributed by atoms with E-state index in [1.54, 1.807) is 4.90 Å². The van der Waals surface area contributed by atoms with Crippen LogP contribution < -0.4 is 10.2 Å². The zero-order valence-corrected chi connectivity index (χ0v) is 11.6. The minimum atomic E-state index is -0.358. The number of amides is 3. The molecule has 3 rings (SSSR count). The van der Waals surface area contributed by atoms with E-state index in [0.29, 0.717) is 13.0 Å². The molecule has 1 saturated heterocycles. The second-order valence-corrected chi connectivity index (χ2v) is 5.22. The standard InChI is InChI=1S/C14H11BrN2O2/c15-11-5-1-4-10-9(11)3-2-6-12(10)17-8-7-13(18)16-14(17)19/h1-6H,7-8H2,(H,16,18,19). The molecule has 1 aliphatic heterocycles. The Labute approximate surface area is 118 Å². The molecule has 19 heavy (non-hydrogen) atoms. The van der Waals surface area contributed by atoms with Crippen LogP contribution in [0, 0.1) is 0 Å². The van der Waals surface area contributed by atoms with Crippen LogP contribution in [0.15, 0.2) is 40.9 Å². The molecule has 96 valence electrons. The van der Waals surface area contributed by atoms with Crippen molar-refractivity contribution in [3.63, 3.8) is 0 Å². The molecule has 4 nitrogen and oxygen atoms in total. The summed E-state index contributed by atoms with van der Waals surface area (Å²) in [7, 11) is 0. The van der Waals surface area contributed by atoms with Gasteiger partial charge >= 0.3 is 6.03 Å². The van der Waals surface area contributed by atoms with Crippen LogP contribution in [0.2, 0.25) is 0 Å². The van der Waals surface area contributed by atoms with Gasteiger partial charge in [0, 0.05) is 22.8 Å². The highest BCUT2D eigenvalue weighted by Gasteiger charge is 2.25. The summed E-state index contributed by atoms with van der Waals surface area (Å²) in [6, 6.07) is 11.3. The monoisotopic (exact) mass is 318 g/mol. The lowest BCUT2D eigenvalue weighted by atomic mass is 10.1. The van der Waals surface area contributed by atoms with Gasteiger partial charge in [-0.1, -0.05) is 40.2 Å². The third-order valence-electron chi connectivity index (χ3n) is 3.19. The lowest BCUT2D eigenvalue weighted by Gasteiger charge is -2.27. The Bertz CT molecular complexity index is 684. The van der Waals surface area contributed by atoms with E-state index in [4.69, 9.17) is 0 Å². The number of carbonyl (C=O) groups excluding carboxylic acids is 2. The van der Waals surface area contributed by atoms with Crippen LogP contribution in [0.1, 0.15) is 6.42 Å². The summed E-state index contributed by atoms with van der Waals surface area (Å²) in [6.45, 7) is 0.413. The molecule has 1 aliphatic rings. The molecule has 0 aliphatic carbocycles. The average Bonchev–Trinajstić information content (AvgIpc) is 2.39. The number of hydrogen-bond donors (Lipinski definition) is 1. The van der Waals surface area contributed by atoms with Crippen LogP contribution in [0.25, 0.3) is 10.8 Å². The number of hydrogen-bond acceptors (Lipinski definition) is 2. The van der Waals surface area contributed by atoms with Gasteiger partial charge in [0.15, 0.2) is 0 Å². The summed E-state index contributed by atoms with van der Waals surface area (Å²) in [5, 5.41) is 4.38. The van der Waals surface area contributed by atoms with Crippen LogP contribution in [0.5, 0.6) is 0 Å². The van der Waals surface area contributed by atoms with Gasteiger partial charge in [-0.2, -0.15) is 0 Å². The summed E-state index contributed by atoms with van der Waals surface area (Å²) >= 11 is 3.51. The zero-order valence-electron chi connectivity index (χ0n) is 10.0. The summed E-state index contributed by atoms with van der Waals surface area (Å²) in [4.78, 5) is 24.7. The van der Waals surface area contributed by atoms with Gasteiger partial charge in [-0.25, -0.2) is 4.79 Å². The highest BCUT2D eigenvalue weighted by atomic mass is 79.9. The van der Waals surface area contributed by atoms with E-state index in [1.807, 2.05) is 36.4 Å². The second kappa shape index (κ2) is 4.66. The third-order valence-corrected chi connectivity index (χ3v) is 3.88. The Hall–Kier alpha value is -1.88. The molecule has 0 bridgehead atoms. The van der Waals surface area contributed by atoms with Gasteiger partial charge in [0.05, 0.1) is 5.69 Å². The van der Waals surface area contributed by atoms with Gasteiger partial charge in [0.1, 0.15) is 0 Å². The zero-order chi connectivity index (χ0) is 13.4. The Kier molecular flexibility index (Phi) is 2.98. The van der Waals surface area contributed by atoms with E-state index < -0.39 is 0 Å². The molecular formula is C14H11BrN2O2. The lowest BCUT2D eigenvalue weighted by Crippen LogP contribution is -2.49. The predicted molar refractivity (Wildman–Crippen MR) is 77.1 cm³/mol. The minimum Gasteiger partial charge on any atom is -0.293 e. The number of fused-ring (bicyclic) bond motifs is 1. The average molecular weight is 319 g/mol. The van der Waals surface area contributed by atoms with E-state index >= 15 is 0 Å². The highest BCUT2D eigenvalue weighted by molar-refractivity contribution is 9.10. The molecule has 0 spiro atoms. The van der Waals surface area contributed by atoms with E-state index in [2.05, 4.69) is 21.2 Å². The van der Waals surface area contributed by atoms with Gasteiger partial charge in [-0.05, 0) is 17.5 Å². The first-order valence-electron chi connectivity index (χ1n) is 5.95. The lowest BCUT2D eigenvalue weighted by molar-refractivity contribution is -0.120. The molecule has 2 aromatic carbocycles. The number of halogens is 1. The van der Waals surface area contributed by atoms with Gasteiger partial charge in [0.2, 0.25) is 5.91 Å². The molecule has 0 unspecified atom stereocenters. The first kappa shape index (κ1) is 12.2. The molecule has 1 fully saturated rings. The number of imide groups is 1. The summed E-state index contributed by atoms with van der Waals surface area (Å²) in [6.07, 6.45) is 0.329. The Morgan fingerprint density at radius 1 is 1.05 bits per heavy atom. The van der Waals surface area contributed by atoms with Crippen molar-refractivity contribution in [1.29, 1.82) is 0 Å². The van der Waals surface area contributed by atoms with E-state index in [9.17, 15) is 9.59 Å². The van der Waals surface area contributed by atoms with Gasteiger partial charge in [-0.15, -0.1) is 0 Å². The van der Waals surface area contributed by atoms with Crippen LogP contribution in [-0.4, -0.2) is 18.5 Å². The molecular weight excluding hydrogens is 308 g/mol. The topological polar surface area (TPSA) is 49.4 Å². The number of urea groups is 1. The van der Waals surface area contributed by atoms with E-state index in [0.717, 1.165) is 20.9 Å². The second-order valence-electron chi connectivity index (χ2n) is 4.37. The van der Waals surface area contributed by atoms with Crippen molar-refractivity contribution < 1.29 is 9.59 Å². The highest BCUT2D eigenvalue weighted by Crippen LogP contribution is 2.32. The number of benzene rings is 2. The van der Waals surface area contributed by atoms with Crippen molar-refractivity contribution in [3.05, 3.63) is 40.9 Å². The van der Waals surface area contributed by atoms with Gasteiger partial charge < -0.3 is 0 Å². The Morgan fingerprint density at radius 2 is 1.79 bits per heavy atom. The molecule has 5 heteroatoms. The molecule has 0 aromatic heterocycles. The van der Waals surface area contributed by atoms with Crippen molar-refractivity contribution >= 4 is 44.3 Å². The molecule has 1 heterocycles. The largest absolute Gasteiger partial charge is 0.328 e. The number of rotatable bonds is 1. The van der Waals surface area contributed by atoms with Crippen LogP contribution >= 0.6 is 15.9 Å². The van der Waals surface area contributed by atoms with Crippen LogP contribution in [-0.2, 0) is 4.79 Å². The quantitative estimate of drug-likeness (QED) is 0.878. The minimum absolute atomic E-state index is 0.220. The van der Waals surface area contributed by atoms with Crippen molar-refractivity contribution in [1.82, 2.24) is 5.32 Å². The Balaban J connectivity index is 2.13. The number of nitrogens with zero attached hydrogens (tertiary/aromatic N) is 1. The summed E-state index contributed by atoms with van der Waals surface area (Å²) in [5.74, 6) is -0.220. The predicted octanol–water partition coefficient (Wildman–Crippen LogP) is 3.05. The smallest absolute Gasteiger partial charge is 0.293 e. The van der Waals surface area contributed by atoms with Crippen molar-refractivity contribution in [2.45, 2.75) is 6.42 Å². The fourth-order valence-electron chi connectivity index (χ4n) is 2.28. The van der Waals surface area contributed by atoms with Crippen molar-refractivity contribution in [2.75, 3.05) is 11.4 Å². The first-order chi connectivity index (χ1) is 9.16. The number of nitrogens with one attached hydrogen (secondary N) is 1. The molecule has 0 radical (unpaired) electrons.